The van der Waals surface area contributed by atoms with Crippen LogP contribution in [-0.4, -0.2) is 0 Å². The lowest BCUT2D eigenvalue weighted by Gasteiger charge is -2.19. The molecule has 0 unspecified atom stereocenters. The number of benzene rings is 2. The van der Waals surface area contributed by atoms with E-state index >= 15 is 0 Å². The van der Waals surface area contributed by atoms with Crippen LogP contribution in [0.4, 0.5) is 11.4 Å². The van der Waals surface area contributed by atoms with Gasteiger partial charge in [-0.2, -0.15) is 0 Å². The molecule has 0 aliphatic heterocycles. The summed E-state index contributed by atoms with van der Waals surface area (Å²) in [6.45, 7) is 13.1. The molecule has 138 valence electrons. The van der Waals surface area contributed by atoms with Crippen LogP contribution in [-0.2, 0) is 12.8 Å². The van der Waals surface area contributed by atoms with Crippen LogP contribution >= 0.6 is 0 Å². The highest BCUT2D eigenvalue weighted by Crippen LogP contribution is 2.36. The molecular formula is C23H36N2. The lowest BCUT2D eigenvalue weighted by molar-refractivity contribution is 0.864. The first-order valence-corrected chi connectivity index (χ1v) is 9.14. The molecule has 0 saturated carbocycles. The van der Waals surface area contributed by atoms with Gasteiger partial charge in [-0.15, -0.1) is 0 Å². The van der Waals surface area contributed by atoms with Crippen molar-refractivity contribution in [1.29, 1.82) is 0 Å². The summed E-state index contributed by atoms with van der Waals surface area (Å²) in [6.07, 6.45) is 1.90. The molecule has 0 aliphatic rings. The fraction of sp³-hybridized carbons (Fsp3) is 0.478. The lowest BCUT2D eigenvalue weighted by Crippen LogP contribution is -2.04. The number of anilines is 2. The minimum atomic E-state index is 0. The number of aryl methyl sites for hydroxylation is 2. The second-order valence-electron chi connectivity index (χ2n) is 7.29. The number of rotatable bonds is 5. The molecule has 2 aromatic rings. The van der Waals surface area contributed by atoms with Gasteiger partial charge in [-0.1, -0.05) is 49.0 Å². The van der Waals surface area contributed by atoms with E-state index < -0.39 is 0 Å². The van der Waals surface area contributed by atoms with E-state index in [0.717, 1.165) is 24.2 Å². The zero-order valence-corrected chi connectivity index (χ0v) is 16.0. The van der Waals surface area contributed by atoms with Crippen molar-refractivity contribution in [2.24, 2.45) is 0 Å². The van der Waals surface area contributed by atoms with Crippen LogP contribution < -0.4 is 11.5 Å². The van der Waals surface area contributed by atoms with E-state index in [9.17, 15) is 0 Å². The van der Waals surface area contributed by atoms with Crippen LogP contribution in [0.25, 0.3) is 11.1 Å². The highest BCUT2D eigenvalue weighted by atomic mass is 14.6. The number of hydrogen-bond acceptors (Lipinski definition) is 2. The molecular weight excluding hydrogens is 304 g/mol. The molecule has 0 saturated heterocycles. The van der Waals surface area contributed by atoms with Crippen molar-refractivity contribution in [3.63, 3.8) is 0 Å². The zero-order chi connectivity index (χ0) is 18.0. The highest BCUT2D eigenvalue weighted by molar-refractivity contribution is 5.75. The molecule has 0 heterocycles. The first-order valence-electron chi connectivity index (χ1n) is 9.14. The van der Waals surface area contributed by atoms with Crippen molar-refractivity contribution in [3.8, 4) is 11.1 Å². The van der Waals surface area contributed by atoms with Crippen LogP contribution in [0.5, 0.6) is 0 Å². The Bertz CT molecular complexity index is 664. The van der Waals surface area contributed by atoms with Crippen LogP contribution in [0.15, 0.2) is 24.3 Å². The van der Waals surface area contributed by atoms with Gasteiger partial charge in [0.15, 0.2) is 0 Å². The first-order chi connectivity index (χ1) is 11.3. The fourth-order valence-electron chi connectivity index (χ4n) is 3.35. The van der Waals surface area contributed by atoms with Gasteiger partial charge in [-0.25, -0.2) is 0 Å². The molecule has 2 heteroatoms. The fourth-order valence-corrected chi connectivity index (χ4v) is 3.35. The van der Waals surface area contributed by atoms with Crippen LogP contribution in [0.1, 0.15) is 83.1 Å². The van der Waals surface area contributed by atoms with Crippen molar-refractivity contribution >= 4 is 11.4 Å². The molecule has 2 rings (SSSR count). The smallest absolute Gasteiger partial charge is 0.0382 e. The first kappa shape index (κ1) is 21.1. The summed E-state index contributed by atoms with van der Waals surface area (Å²) >= 11 is 0. The molecule has 25 heavy (non-hydrogen) atoms. The van der Waals surface area contributed by atoms with Crippen LogP contribution in [0, 0.1) is 0 Å². The van der Waals surface area contributed by atoms with Crippen molar-refractivity contribution in [2.75, 3.05) is 11.5 Å². The summed E-state index contributed by atoms with van der Waals surface area (Å²) in [5.74, 6) is 0.832. The number of nitrogens with two attached hydrogens (primary N) is 2. The summed E-state index contributed by atoms with van der Waals surface area (Å²) in [4.78, 5) is 0. The summed E-state index contributed by atoms with van der Waals surface area (Å²) in [6, 6.07) is 9.01. The Morgan fingerprint density at radius 2 is 1.00 bits per heavy atom. The van der Waals surface area contributed by atoms with Gasteiger partial charge >= 0.3 is 0 Å². The Kier molecular flexibility index (Phi) is 7.10. The van der Waals surface area contributed by atoms with E-state index in [2.05, 4.69) is 65.8 Å². The SMILES string of the molecule is C.CCc1cc(-c2cc(CC)c(N)c(C(C)C)c2)cc(C(C)C)c1N. The van der Waals surface area contributed by atoms with Gasteiger partial charge in [0.05, 0.1) is 0 Å². The predicted octanol–water partition coefficient (Wildman–Crippen LogP) is 6.53. The average Bonchev–Trinajstić information content (AvgIpc) is 2.54. The molecule has 0 fully saturated rings. The van der Waals surface area contributed by atoms with Crippen molar-refractivity contribution in [1.82, 2.24) is 0 Å². The Hall–Kier alpha value is -1.96. The zero-order valence-electron chi connectivity index (χ0n) is 16.0. The quantitative estimate of drug-likeness (QED) is 0.608. The van der Waals surface area contributed by atoms with Gasteiger partial charge in [0, 0.05) is 11.4 Å². The Labute approximate surface area is 154 Å². The molecule has 0 aliphatic carbocycles. The molecule has 0 radical (unpaired) electrons. The average molecular weight is 341 g/mol. The van der Waals surface area contributed by atoms with Crippen molar-refractivity contribution in [3.05, 3.63) is 46.5 Å². The Morgan fingerprint density at radius 1 is 0.680 bits per heavy atom. The second-order valence-corrected chi connectivity index (χ2v) is 7.29. The molecule has 4 N–H and O–H groups in total. The highest BCUT2D eigenvalue weighted by Gasteiger charge is 2.15. The maximum atomic E-state index is 6.38. The normalized spacial score (nSPS) is 11.0. The number of hydrogen-bond donors (Lipinski definition) is 2. The monoisotopic (exact) mass is 340 g/mol. The van der Waals surface area contributed by atoms with Gasteiger partial charge in [-0.05, 0) is 82.3 Å². The third kappa shape index (κ3) is 4.18. The van der Waals surface area contributed by atoms with Gasteiger partial charge in [0.25, 0.3) is 0 Å². The van der Waals surface area contributed by atoms with Gasteiger partial charge < -0.3 is 11.5 Å². The maximum Gasteiger partial charge on any atom is 0.0382 e. The molecule has 2 aromatic carbocycles. The Morgan fingerprint density at radius 3 is 1.24 bits per heavy atom. The van der Waals surface area contributed by atoms with Crippen molar-refractivity contribution in [2.45, 2.75) is 73.6 Å². The molecule has 2 nitrogen and oxygen atoms in total. The van der Waals surface area contributed by atoms with E-state index in [-0.39, 0.29) is 7.43 Å². The van der Waals surface area contributed by atoms with E-state index in [1.165, 1.54) is 33.4 Å². The largest absolute Gasteiger partial charge is 0.398 e. The summed E-state index contributed by atoms with van der Waals surface area (Å²) in [5.41, 5.74) is 22.1. The van der Waals surface area contributed by atoms with E-state index in [1.807, 2.05) is 0 Å². The van der Waals surface area contributed by atoms with Gasteiger partial charge in [0.2, 0.25) is 0 Å². The standard InChI is InChI=1S/C22H32N2.CH4/c1-7-15-9-17(11-19(13(3)4)21(15)23)18-10-16(8-2)22(24)20(12-18)14(5)6;/h9-14H,7-8,23-24H2,1-6H3;1H4. The summed E-state index contributed by atoms with van der Waals surface area (Å²) in [7, 11) is 0. The third-order valence-corrected chi connectivity index (χ3v) is 4.93. The second kappa shape index (κ2) is 8.42. The predicted molar refractivity (Wildman–Crippen MR) is 114 cm³/mol. The van der Waals surface area contributed by atoms with Crippen LogP contribution in [0.3, 0.4) is 0 Å². The molecule has 0 spiro atoms. The van der Waals surface area contributed by atoms with Crippen LogP contribution in [0.2, 0.25) is 0 Å². The number of nitrogen functional groups attached to an aromatic ring is 2. The van der Waals surface area contributed by atoms with Gasteiger partial charge in [0.1, 0.15) is 0 Å². The van der Waals surface area contributed by atoms with Crippen molar-refractivity contribution < 1.29 is 0 Å². The molecule has 0 bridgehead atoms. The topological polar surface area (TPSA) is 52.0 Å². The third-order valence-electron chi connectivity index (χ3n) is 4.93. The summed E-state index contributed by atoms with van der Waals surface area (Å²) in [5, 5.41) is 0. The van der Waals surface area contributed by atoms with E-state index in [1.54, 1.807) is 0 Å². The van der Waals surface area contributed by atoms with E-state index in [4.69, 9.17) is 11.5 Å². The van der Waals surface area contributed by atoms with Gasteiger partial charge in [-0.3, -0.25) is 0 Å². The molecule has 0 atom stereocenters. The molecule has 0 amide bonds. The summed E-state index contributed by atoms with van der Waals surface area (Å²) < 4.78 is 0. The molecule has 0 aromatic heterocycles. The lowest BCUT2D eigenvalue weighted by atomic mass is 9.88. The Balaban J connectivity index is 0.00000312. The maximum absolute atomic E-state index is 6.38. The minimum absolute atomic E-state index is 0. The van der Waals surface area contributed by atoms with E-state index in [0.29, 0.717) is 11.8 Å². The minimum Gasteiger partial charge on any atom is -0.398 e.